The molecule has 43 heavy (non-hydrogen) atoms. The van der Waals surface area contributed by atoms with Crippen LogP contribution in [0.2, 0.25) is 10.0 Å². The summed E-state index contributed by atoms with van der Waals surface area (Å²) in [6.45, 7) is 2.73. The lowest BCUT2D eigenvalue weighted by atomic mass is 9.92. The minimum atomic E-state index is -4.07. The first-order valence-corrected chi connectivity index (χ1v) is 17.4. The Kier molecular flexibility index (Phi) is 8.40. The van der Waals surface area contributed by atoms with Gasteiger partial charge in [-0.2, -0.15) is 4.31 Å². The summed E-state index contributed by atoms with van der Waals surface area (Å²) in [5.41, 5.74) is -0.0785. The first kappa shape index (κ1) is 30.6. The van der Waals surface area contributed by atoms with Crippen molar-refractivity contribution in [2.75, 3.05) is 31.1 Å². The van der Waals surface area contributed by atoms with Crippen LogP contribution >= 0.6 is 39.1 Å². The van der Waals surface area contributed by atoms with E-state index in [1.807, 2.05) is 24.3 Å². The number of rotatable bonds is 7. The normalized spacial score (nSPS) is 21.5. The van der Waals surface area contributed by atoms with E-state index < -0.39 is 15.6 Å². The first-order chi connectivity index (χ1) is 20.5. The van der Waals surface area contributed by atoms with E-state index in [0.29, 0.717) is 41.2 Å². The van der Waals surface area contributed by atoms with Crippen molar-refractivity contribution in [3.8, 4) is 0 Å². The Labute approximate surface area is 269 Å². The molecule has 2 amide bonds. The maximum atomic E-state index is 14.3. The Morgan fingerprint density at radius 1 is 1.02 bits per heavy atom. The average molecular weight is 709 g/mol. The summed E-state index contributed by atoms with van der Waals surface area (Å²) in [7, 11) is -4.07. The Morgan fingerprint density at radius 3 is 2.28 bits per heavy atom. The van der Waals surface area contributed by atoms with Crippen LogP contribution in [0.15, 0.2) is 58.2 Å². The monoisotopic (exact) mass is 707 g/mol. The third-order valence-electron chi connectivity index (χ3n) is 8.77. The van der Waals surface area contributed by atoms with Crippen LogP contribution in [-0.4, -0.2) is 65.2 Å². The van der Waals surface area contributed by atoms with E-state index in [1.54, 1.807) is 30.0 Å². The molecule has 0 N–H and O–H groups in total. The van der Waals surface area contributed by atoms with Crippen LogP contribution < -0.4 is 4.90 Å². The second kappa shape index (κ2) is 11.8. The fourth-order valence-electron chi connectivity index (χ4n) is 6.51. The predicted molar refractivity (Wildman–Crippen MR) is 169 cm³/mol. The summed E-state index contributed by atoms with van der Waals surface area (Å²) >= 11 is 16.0. The van der Waals surface area contributed by atoms with E-state index in [0.717, 1.165) is 22.9 Å². The lowest BCUT2D eigenvalue weighted by Crippen LogP contribution is -2.51. The van der Waals surface area contributed by atoms with Gasteiger partial charge in [0.1, 0.15) is 5.54 Å². The summed E-state index contributed by atoms with van der Waals surface area (Å²) in [5, 5.41) is 0.600. The smallest absolute Gasteiger partial charge is 0.260 e. The van der Waals surface area contributed by atoms with E-state index >= 15 is 0 Å². The molecule has 0 radical (unpaired) electrons. The quantitative estimate of drug-likeness (QED) is 0.300. The minimum absolute atomic E-state index is 0.0724. The van der Waals surface area contributed by atoms with E-state index in [1.165, 1.54) is 32.8 Å². The largest absolute Gasteiger partial charge is 0.340 e. The fourth-order valence-corrected chi connectivity index (χ4v) is 8.90. The number of aromatic nitrogens is 2. The molecule has 2 fully saturated rings. The molecule has 1 saturated carbocycles. The molecule has 0 bridgehead atoms. The van der Waals surface area contributed by atoms with E-state index in [9.17, 15) is 18.0 Å². The van der Waals surface area contributed by atoms with Crippen molar-refractivity contribution < 1.29 is 18.0 Å². The van der Waals surface area contributed by atoms with Gasteiger partial charge in [-0.1, -0.05) is 64.1 Å². The zero-order chi connectivity index (χ0) is 30.5. The molecule has 1 saturated heterocycles. The van der Waals surface area contributed by atoms with Crippen molar-refractivity contribution in [1.82, 2.24) is 18.8 Å². The highest BCUT2D eigenvalue weighted by molar-refractivity contribution is 9.10. The van der Waals surface area contributed by atoms with Crippen molar-refractivity contribution in [2.45, 2.75) is 56.0 Å². The summed E-state index contributed by atoms with van der Waals surface area (Å²) < 4.78 is 32.2. The topological polar surface area (TPSA) is 95.8 Å². The molecule has 3 aliphatic rings. The van der Waals surface area contributed by atoms with Crippen LogP contribution in [-0.2, 0) is 31.6 Å². The highest BCUT2D eigenvalue weighted by Crippen LogP contribution is 2.45. The molecular formula is C30H32BrCl2N5O4S. The summed E-state index contributed by atoms with van der Waals surface area (Å²) in [6.07, 6.45) is 6.58. The molecule has 3 aromatic rings. The number of carbonyl (C=O) groups excluding carboxylic acids is 2. The number of piperazine rings is 1. The number of hydrogen-bond acceptors (Lipinski definition) is 5. The van der Waals surface area contributed by atoms with Crippen LogP contribution in [0.3, 0.4) is 0 Å². The van der Waals surface area contributed by atoms with Crippen LogP contribution in [0.25, 0.3) is 0 Å². The highest BCUT2D eigenvalue weighted by atomic mass is 79.9. The number of amides is 2. The van der Waals surface area contributed by atoms with Gasteiger partial charge in [-0.15, -0.1) is 0 Å². The third kappa shape index (κ3) is 5.75. The van der Waals surface area contributed by atoms with Crippen molar-refractivity contribution in [3.05, 3.63) is 68.7 Å². The van der Waals surface area contributed by atoms with Gasteiger partial charge in [0.25, 0.3) is 15.9 Å². The molecule has 9 nitrogen and oxygen atoms in total. The second-order valence-corrected chi connectivity index (χ2v) is 15.4. The van der Waals surface area contributed by atoms with Crippen LogP contribution in [0, 0.1) is 5.92 Å². The van der Waals surface area contributed by atoms with Crippen molar-refractivity contribution in [2.24, 2.45) is 5.92 Å². The van der Waals surface area contributed by atoms with Crippen molar-refractivity contribution >= 4 is 72.6 Å². The first-order valence-electron chi connectivity index (χ1n) is 14.4. The fraction of sp³-hybridized carbons (Fsp3) is 0.433. The Balaban J connectivity index is 1.33. The number of benzene rings is 2. The standard InChI is InChI=1S/C30H32BrCl2N5O4S/c1-30(18-21-6-8-22(31)9-7-21)28(40)37(25-16-23(32)15-24(33)17-25)29-34-19-27(38(29)30)43(41,42)36-12-10-35(11-13-36)26(39)14-20-4-2-3-5-20/h6-9,15-17,19-20H,2-5,10-14,18H2,1H3/t30-/m1/s1. The third-order valence-corrected chi connectivity index (χ3v) is 11.6. The van der Waals surface area contributed by atoms with Gasteiger partial charge in [0, 0.05) is 53.5 Å². The summed E-state index contributed by atoms with van der Waals surface area (Å²) in [4.78, 5) is 34.8. The number of nitrogens with zero attached hydrogens (tertiary/aromatic N) is 5. The number of hydrogen-bond donors (Lipinski definition) is 0. The van der Waals surface area contributed by atoms with Crippen LogP contribution in [0.4, 0.5) is 11.6 Å². The van der Waals surface area contributed by atoms with Crippen LogP contribution in [0.1, 0.15) is 44.6 Å². The van der Waals surface area contributed by atoms with Crippen molar-refractivity contribution in [3.63, 3.8) is 0 Å². The molecule has 6 rings (SSSR count). The molecule has 1 atom stereocenters. The number of anilines is 2. The maximum absolute atomic E-state index is 14.3. The van der Waals surface area contributed by atoms with Gasteiger partial charge in [0.05, 0.1) is 11.9 Å². The molecule has 1 aromatic heterocycles. The maximum Gasteiger partial charge on any atom is 0.260 e. The van der Waals surface area contributed by atoms with Gasteiger partial charge in [-0.3, -0.25) is 14.2 Å². The number of fused-ring (bicyclic) bond motifs is 1. The molecule has 3 heterocycles. The zero-order valence-electron chi connectivity index (χ0n) is 23.7. The van der Waals surface area contributed by atoms with Gasteiger partial charge in [-0.05, 0) is 61.6 Å². The molecule has 13 heteroatoms. The minimum Gasteiger partial charge on any atom is -0.340 e. The number of imidazole rings is 1. The van der Waals surface area contributed by atoms with Gasteiger partial charge < -0.3 is 4.90 Å². The highest BCUT2D eigenvalue weighted by Gasteiger charge is 2.52. The lowest BCUT2D eigenvalue weighted by Gasteiger charge is -2.35. The van der Waals surface area contributed by atoms with Crippen LogP contribution in [0.5, 0.6) is 0 Å². The van der Waals surface area contributed by atoms with Gasteiger partial charge in [0.2, 0.25) is 11.9 Å². The van der Waals surface area contributed by atoms with E-state index in [-0.39, 0.29) is 42.3 Å². The molecule has 228 valence electrons. The SMILES string of the molecule is C[C@@]1(Cc2ccc(Br)cc2)C(=O)N(c2cc(Cl)cc(Cl)c2)c2ncc(S(=O)(=O)N3CCN(C(=O)CC4CCCC4)CC3)n21. The molecule has 0 spiro atoms. The van der Waals surface area contributed by atoms with Gasteiger partial charge >= 0.3 is 0 Å². The average Bonchev–Trinajstić information content (AvgIpc) is 3.69. The predicted octanol–water partition coefficient (Wildman–Crippen LogP) is 6.00. The zero-order valence-corrected chi connectivity index (χ0v) is 27.6. The second-order valence-electron chi connectivity index (χ2n) is 11.7. The summed E-state index contributed by atoms with van der Waals surface area (Å²) in [6, 6.07) is 12.3. The Bertz CT molecular complexity index is 1650. The molecule has 2 aromatic carbocycles. The molecular weight excluding hydrogens is 677 g/mol. The van der Waals surface area contributed by atoms with E-state index in [2.05, 4.69) is 20.9 Å². The number of carbonyl (C=O) groups is 2. The molecule has 1 aliphatic carbocycles. The van der Waals surface area contributed by atoms with Gasteiger partial charge in [-0.25, -0.2) is 18.3 Å². The molecule has 2 aliphatic heterocycles. The number of sulfonamides is 1. The number of halogens is 3. The van der Waals surface area contributed by atoms with Gasteiger partial charge in [0.15, 0.2) is 5.03 Å². The lowest BCUT2D eigenvalue weighted by molar-refractivity contribution is -0.133. The Morgan fingerprint density at radius 2 is 1.65 bits per heavy atom. The van der Waals surface area contributed by atoms with Crippen molar-refractivity contribution in [1.29, 1.82) is 0 Å². The summed E-state index contributed by atoms with van der Waals surface area (Å²) in [5.74, 6) is 0.349. The molecule has 0 unspecified atom stereocenters. The van der Waals surface area contributed by atoms with E-state index in [4.69, 9.17) is 23.2 Å². The Hall–Kier alpha value is -2.44.